The zero-order valence-electron chi connectivity index (χ0n) is 14.5. The van der Waals surface area contributed by atoms with Gasteiger partial charge in [0.2, 0.25) is 0 Å². The van der Waals surface area contributed by atoms with E-state index in [4.69, 9.17) is 4.74 Å². The molecule has 0 aromatic carbocycles. The summed E-state index contributed by atoms with van der Waals surface area (Å²) in [4.78, 5) is 11.8. The second kappa shape index (κ2) is 13.8. The molecule has 0 unspecified atom stereocenters. The summed E-state index contributed by atoms with van der Waals surface area (Å²) in [6.07, 6.45) is 14.7. The van der Waals surface area contributed by atoms with Crippen LogP contribution >= 0.6 is 0 Å². The summed E-state index contributed by atoms with van der Waals surface area (Å²) in [5.74, 6) is 7.23. The van der Waals surface area contributed by atoms with Gasteiger partial charge in [-0.2, -0.15) is 0 Å². The summed E-state index contributed by atoms with van der Waals surface area (Å²) in [5, 5.41) is 0. The number of carbonyl (C=O) groups excluding carboxylic acids is 1. The zero-order valence-corrected chi connectivity index (χ0v) is 14.5. The Kier molecular flexibility index (Phi) is 12.1. The highest BCUT2D eigenvalue weighted by Gasteiger charge is 2.14. The van der Waals surface area contributed by atoms with Crippen LogP contribution in [0.2, 0.25) is 0 Å². The van der Waals surface area contributed by atoms with Gasteiger partial charge in [-0.3, -0.25) is 4.79 Å². The maximum Gasteiger partial charge on any atom is 0.132 e. The van der Waals surface area contributed by atoms with E-state index in [1.165, 1.54) is 51.4 Å². The van der Waals surface area contributed by atoms with Gasteiger partial charge in [0.25, 0.3) is 0 Å². The Morgan fingerprint density at radius 1 is 1.00 bits per heavy atom. The summed E-state index contributed by atoms with van der Waals surface area (Å²) in [7, 11) is 0. The third-order valence-electron chi connectivity index (χ3n) is 4.51. The van der Waals surface area contributed by atoms with Crippen molar-refractivity contribution in [3.63, 3.8) is 0 Å². The molecule has 0 N–H and O–H groups in total. The van der Waals surface area contributed by atoms with Crippen molar-refractivity contribution >= 4 is 5.78 Å². The molecule has 1 fully saturated rings. The Morgan fingerprint density at radius 2 is 1.68 bits per heavy atom. The van der Waals surface area contributed by atoms with Gasteiger partial charge in [-0.25, -0.2) is 0 Å². The van der Waals surface area contributed by atoms with Crippen molar-refractivity contribution in [2.24, 2.45) is 5.92 Å². The second-order valence-electron chi connectivity index (χ2n) is 6.56. The average Bonchev–Trinajstić information content (AvgIpc) is 3.03. The standard InChI is InChI=1S/C20H34O2/c1-2-3-4-5-6-7-8-9-15-20(21)16-12-17-22-18-19-13-10-11-14-19/h19H,4-18H2,1H3. The molecule has 0 spiro atoms. The van der Waals surface area contributed by atoms with E-state index in [-0.39, 0.29) is 0 Å². The SMILES string of the molecule is CC#CCCCCCCCC(=O)CCCOCC1CCCC1. The van der Waals surface area contributed by atoms with Gasteiger partial charge in [-0.15, -0.1) is 11.8 Å². The van der Waals surface area contributed by atoms with Crippen molar-refractivity contribution in [3.8, 4) is 11.8 Å². The van der Waals surface area contributed by atoms with E-state index in [0.717, 1.165) is 44.8 Å². The fourth-order valence-electron chi connectivity index (χ4n) is 3.11. The van der Waals surface area contributed by atoms with Crippen molar-refractivity contribution in [2.45, 2.75) is 90.4 Å². The number of Topliss-reactive ketones (excluding diaryl/α,β-unsaturated/α-hetero) is 1. The molecular weight excluding hydrogens is 272 g/mol. The minimum Gasteiger partial charge on any atom is -0.381 e. The fraction of sp³-hybridized carbons (Fsp3) is 0.850. The first-order valence-electron chi connectivity index (χ1n) is 9.32. The van der Waals surface area contributed by atoms with E-state index in [1.807, 2.05) is 6.92 Å². The van der Waals surface area contributed by atoms with Crippen LogP contribution in [0.3, 0.4) is 0 Å². The normalized spacial score (nSPS) is 14.8. The van der Waals surface area contributed by atoms with E-state index in [1.54, 1.807) is 0 Å². The molecule has 0 atom stereocenters. The molecule has 0 aromatic rings. The van der Waals surface area contributed by atoms with Gasteiger partial charge >= 0.3 is 0 Å². The van der Waals surface area contributed by atoms with Crippen molar-refractivity contribution in [3.05, 3.63) is 0 Å². The molecule has 2 heteroatoms. The molecule has 1 rings (SSSR count). The Hall–Kier alpha value is -0.810. The first-order chi connectivity index (χ1) is 10.8. The second-order valence-corrected chi connectivity index (χ2v) is 6.56. The molecule has 0 amide bonds. The number of ether oxygens (including phenoxy) is 1. The fourth-order valence-corrected chi connectivity index (χ4v) is 3.11. The Bertz CT molecular complexity index is 331. The van der Waals surface area contributed by atoms with E-state index in [2.05, 4.69) is 11.8 Å². The predicted octanol–water partition coefficient (Wildman–Crippen LogP) is 5.30. The molecule has 1 aliphatic carbocycles. The minimum atomic E-state index is 0.418. The van der Waals surface area contributed by atoms with E-state index >= 15 is 0 Å². The number of carbonyl (C=O) groups is 1. The first-order valence-corrected chi connectivity index (χ1v) is 9.32. The van der Waals surface area contributed by atoms with Crippen molar-refractivity contribution in [1.29, 1.82) is 0 Å². The smallest absolute Gasteiger partial charge is 0.132 e. The predicted molar refractivity (Wildman–Crippen MR) is 92.8 cm³/mol. The van der Waals surface area contributed by atoms with Gasteiger partial charge in [-0.05, 0) is 44.9 Å². The van der Waals surface area contributed by atoms with Gasteiger partial charge in [0.1, 0.15) is 5.78 Å². The molecule has 22 heavy (non-hydrogen) atoms. The van der Waals surface area contributed by atoms with Gasteiger partial charge in [0, 0.05) is 32.5 Å². The highest BCUT2D eigenvalue weighted by molar-refractivity contribution is 5.78. The minimum absolute atomic E-state index is 0.418. The van der Waals surface area contributed by atoms with Crippen LogP contribution in [0.4, 0.5) is 0 Å². The molecule has 0 heterocycles. The quantitative estimate of drug-likeness (QED) is 0.341. The lowest BCUT2D eigenvalue weighted by atomic mass is 10.1. The van der Waals surface area contributed by atoms with Crippen LogP contribution in [0.5, 0.6) is 0 Å². The third kappa shape index (κ3) is 10.9. The lowest BCUT2D eigenvalue weighted by molar-refractivity contribution is -0.119. The maximum absolute atomic E-state index is 11.8. The molecular formula is C20H34O2. The Labute approximate surface area is 137 Å². The lowest BCUT2D eigenvalue weighted by Crippen LogP contribution is -2.07. The molecule has 0 aliphatic heterocycles. The van der Waals surface area contributed by atoms with Gasteiger partial charge in [0.15, 0.2) is 0 Å². The number of ketones is 1. The van der Waals surface area contributed by atoms with Crippen LogP contribution in [0.1, 0.15) is 90.4 Å². The molecule has 1 aliphatic rings. The first kappa shape index (κ1) is 19.2. The van der Waals surface area contributed by atoms with Gasteiger partial charge < -0.3 is 4.74 Å². The maximum atomic E-state index is 11.8. The van der Waals surface area contributed by atoms with Crippen molar-refractivity contribution in [2.75, 3.05) is 13.2 Å². The van der Waals surface area contributed by atoms with Crippen LogP contribution in [-0.2, 0) is 9.53 Å². The summed E-state index contributed by atoms with van der Waals surface area (Å²) in [6.45, 7) is 3.57. The lowest BCUT2D eigenvalue weighted by Gasteiger charge is -2.09. The largest absolute Gasteiger partial charge is 0.381 e. The monoisotopic (exact) mass is 306 g/mol. The van der Waals surface area contributed by atoms with Crippen LogP contribution < -0.4 is 0 Å². The summed E-state index contributed by atoms with van der Waals surface area (Å²) >= 11 is 0. The van der Waals surface area contributed by atoms with E-state index in [9.17, 15) is 4.79 Å². The van der Waals surface area contributed by atoms with Crippen molar-refractivity contribution < 1.29 is 9.53 Å². The Balaban J connectivity index is 1.79. The number of hydrogen-bond acceptors (Lipinski definition) is 2. The molecule has 0 aromatic heterocycles. The van der Waals surface area contributed by atoms with Gasteiger partial charge in [-0.1, -0.05) is 32.1 Å². The van der Waals surface area contributed by atoms with E-state index < -0.39 is 0 Å². The topological polar surface area (TPSA) is 26.3 Å². The molecule has 2 nitrogen and oxygen atoms in total. The number of unbranched alkanes of at least 4 members (excludes halogenated alkanes) is 5. The highest BCUT2D eigenvalue weighted by Crippen LogP contribution is 2.24. The average molecular weight is 306 g/mol. The zero-order chi connectivity index (χ0) is 15.9. The Morgan fingerprint density at radius 3 is 2.45 bits per heavy atom. The van der Waals surface area contributed by atoms with Crippen molar-refractivity contribution in [1.82, 2.24) is 0 Å². The summed E-state index contributed by atoms with van der Waals surface area (Å²) in [5.41, 5.74) is 0. The highest BCUT2D eigenvalue weighted by atomic mass is 16.5. The molecule has 0 saturated heterocycles. The van der Waals surface area contributed by atoms with Crippen LogP contribution in [-0.4, -0.2) is 19.0 Å². The molecule has 0 bridgehead atoms. The summed E-state index contributed by atoms with van der Waals surface area (Å²) in [6, 6.07) is 0. The number of rotatable bonds is 13. The molecule has 0 radical (unpaired) electrons. The molecule has 126 valence electrons. The number of hydrogen-bond donors (Lipinski definition) is 0. The van der Waals surface area contributed by atoms with Gasteiger partial charge in [0.05, 0.1) is 0 Å². The van der Waals surface area contributed by atoms with E-state index in [0.29, 0.717) is 12.2 Å². The summed E-state index contributed by atoms with van der Waals surface area (Å²) < 4.78 is 5.69. The van der Waals surface area contributed by atoms with Crippen LogP contribution in [0, 0.1) is 17.8 Å². The third-order valence-corrected chi connectivity index (χ3v) is 4.51. The molecule has 1 saturated carbocycles. The van der Waals surface area contributed by atoms with Crippen LogP contribution in [0.25, 0.3) is 0 Å². The van der Waals surface area contributed by atoms with Crippen LogP contribution in [0.15, 0.2) is 0 Å².